The van der Waals surface area contributed by atoms with E-state index in [-0.39, 0.29) is 5.56 Å². The topological polar surface area (TPSA) is 98.0 Å². The van der Waals surface area contributed by atoms with Crippen LogP contribution in [0.4, 0.5) is 0 Å². The van der Waals surface area contributed by atoms with Gasteiger partial charge in [0.2, 0.25) is 0 Å². The summed E-state index contributed by atoms with van der Waals surface area (Å²) in [6, 6.07) is 7.93. The van der Waals surface area contributed by atoms with E-state index >= 15 is 0 Å². The standard InChI is InChI=1S/C11H14O5/c12-6-8(13)10(15)11(16)9(14)7-4-2-1-3-5-7/h1-5,8,10-13,15-16H,6H2/t8-,10-,11+/m1/s1. The van der Waals surface area contributed by atoms with E-state index in [1.807, 2.05) is 0 Å². The van der Waals surface area contributed by atoms with Crippen LogP contribution in [0.1, 0.15) is 10.4 Å². The number of carbonyl (C=O) groups is 1. The zero-order chi connectivity index (χ0) is 12.1. The van der Waals surface area contributed by atoms with Crippen molar-refractivity contribution >= 4 is 5.78 Å². The van der Waals surface area contributed by atoms with Crippen LogP contribution >= 0.6 is 0 Å². The van der Waals surface area contributed by atoms with Gasteiger partial charge < -0.3 is 20.4 Å². The van der Waals surface area contributed by atoms with Gasteiger partial charge in [0.25, 0.3) is 0 Å². The van der Waals surface area contributed by atoms with Crippen LogP contribution in [0.25, 0.3) is 0 Å². The molecule has 1 aromatic carbocycles. The Morgan fingerprint density at radius 2 is 1.69 bits per heavy atom. The van der Waals surface area contributed by atoms with E-state index in [9.17, 15) is 15.0 Å². The molecule has 1 rings (SSSR count). The van der Waals surface area contributed by atoms with Gasteiger partial charge in [-0.25, -0.2) is 0 Å². The van der Waals surface area contributed by atoms with E-state index in [1.54, 1.807) is 18.2 Å². The third kappa shape index (κ3) is 2.86. The third-order valence-corrected chi connectivity index (χ3v) is 2.23. The minimum atomic E-state index is -1.75. The second kappa shape index (κ2) is 5.72. The number of benzene rings is 1. The van der Waals surface area contributed by atoms with Gasteiger partial charge >= 0.3 is 0 Å². The summed E-state index contributed by atoms with van der Waals surface area (Å²) in [6.07, 6.45) is -4.98. The molecule has 0 fully saturated rings. The third-order valence-electron chi connectivity index (χ3n) is 2.23. The van der Waals surface area contributed by atoms with Crippen molar-refractivity contribution in [3.05, 3.63) is 35.9 Å². The van der Waals surface area contributed by atoms with Gasteiger partial charge in [-0.05, 0) is 0 Å². The van der Waals surface area contributed by atoms with Crippen molar-refractivity contribution in [1.82, 2.24) is 0 Å². The van der Waals surface area contributed by atoms with E-state index in [1.165, 1.54) is 12.1 Å². The maximum Gasteiger partial charge on any atom is 0.194 e. The Bertz CT molecular complexity index is 337. The molecule has 0 saturated carbocycles. The Hall–Kier alpha value is -1.27. The van der Waals surface area contributed by atoms with Crippen molar-refractivity contribution in [1.29, 1.82) is 0 Å². The molecule has 16 heavy (non-hydrogen) atoms. The van der Waals surface area contributed by atoms with Crippen LogP contribution < -0.4 is 0 Å². The molecule has 5 nitrogen and oxygen atoms in total. The first-order chi connectivity index (χ1) is 7.57. The zero-order valence-electron chi connectivity index (χ0n) is 8.52. The SMILES string of the molecule is O=C(c1ccccc1)[C@H](O)[C@H](O)[C@H](O)CO. The fraction of sp³-hybridized carbons (Fsp3) is 0.364. The highest BCUT2D eigenvalue weighted by molar-refractivity contribution is 5.99. The molecule has 0 bridgehead atoms. The molecular formula is C11H14O5. The molecule has 0 saturated heterocycles. The molecule has 0 aliphatic carbocycles. The van der Waals surface area contributed by atoms with Crippen molar-refractivity contribution in [2.75, 3.05) is 6.61 Å². The number of aliphatic hydroxyl groups is 4. The first-order valence-electron chi connectivity index (χ1n) is 4.82. The fourth-order valence-corrected chi connectivity index (χ4v) is 1.25. The average Bonchev–Trinajstić information content (AvgIpc) is 2.36. The molecule has 0 spiro atoms. The molecule has 3 atom stereocenters. The minimum absolute atomic E-state index is 0.235. The van der Waals surface area contributed by atoms with E-state index in [2.05, 4.69) is 0 Å². The number of carbonyl (C=O) groups excluding carboxylic acids is 1. The molecule has 0 radical (unpaired) electrons. The van der Waals surface area contributed by atoms with Crippen LogP contribution in [-0.2, 0) is 0 Å². The average molecular weight is 226 g/mol. The number of hydrogen-bond acceptors (Lipinski definition) is 5. The van der Waals surface area contributed by atoms with Gasteiger partial charge in [-0.3, -0.25) is 4.79 Å². The fourth-order valence-electron chi connectivity index (χ4n) is 1.25. The monoisotopic (exact) mass is 226 g/mol. The Morgan fingerprint density at radius 1 is 1.12 bits per heavy atom. The molecule has 1 aromatic rings. The molecule has 0 unspecified atom stereocenters. The molecule has 4 N–H and O–H groups in total. The number of aliphatic hydroxyl groups excluding tert-OH is 4. The molecule has 0 heterocycles. The Morgan fingerprint density at radius 3 is 2.19 bits per heavy atom. The number of ketones is 1. The summed E-state index contributed by atoms with van der Waals surface area (Å²) >= 11 is 0. The van der Waals surface area contributed by atoms with Gasteiger partial charge in [0.15, 0.2) is 5.78 Å². The highest BCUT2D eigenvalue weighted by Crippen LogP contribution is 2.08. The predicted molar refractivity (Wildman–Crippen MR) is 55.9 cm³/mol. The molecule has 0 aliphatic heterocycles. The van der Waals surface area contributed by atoms with Crippen LogP contribution in [-0.4, -0.2) is 51.1 Å². The van der Waals surface area contributed by atoms with Crippen LogP contribution in [0, 0.1) is 0 Å². The van der Waals surface area contributed by atoms with Crippen molar-refractivity contribution in [3.63, 3.8) is 0 Å². The van der Waals surface area contributed by atoms with Gasteiger partial charge in [-0.15, -0.1) is 0 Å². The van der Waals surface area contributed by atoms with Gasteiger partial charge in [0.05, 0.1) is 6.61 Å². The summed E-state index contributed by atoms with van der Waals surface area (Å²) in [5, 5.41) is 36.5. The van der Waals surface area contributed by atoms with Gasteiger partial charge in [0.1, 0.15) is 18.3 Å². The van der Waals surface area contributed by atoms with Crippen molar-refractivity contribution in [2.45, 2.75) is 18.3 Å². The molecule has 0 aliphatic rings. The molecule has 5 heteroatoms. The summed E-state index contributed by atoms with van der Waals surface area (Å²) in [5.41, 5.74) is 0.235. The summed E-state index contributed by atoms with van der Waals surface area (Å²) in [7, 11) is 0. The summed E-state index contributed by atoms with van der Waals surface area (Å²) in [5.74, 6) is -0.694. The van der Waals surface area contributed by atoms with E-state index < -0.39 is 30.7 Å². The summed E-state index contributed by atoms with van der Waals surface area (Å²) < 4.78 is 0. The lowest BCUT2D eigenvalue weighted by molar-refractivity contribution is -0.0646. The van der Waals surface area contributed by atoms with Gasteiger partial charge in [-0.2, -0.15) is 0 Å². The largest absolute Gasteiger partial charge is 0.394 e. The first-order valence-corrected chi connectivity index (χ1v) is 4.82. The number of hydrogen-bond donors (Lipinski definition) is 4. The lowest BCUT2D eigenvalue weighted by Crippen LogP contribution is -2.43. The second-order valence-corrected chi connectivity index (χ2v) is 3.42. The summed E-state index contributed by atoms with van der Waals surface area (Å²) in [6.45, 7) is -0.722. The molecular weight excluding hydrogens is 212 g/mol. The highest BCUT2D eigenvalue weighted by Gasteiger charge is 2.30. The first kappa shape index (κ1) is 12.8. The van der Waals surface area contributed by atoms with Gasteiger partial charge in [0, 0.05) is 5.56 Å². The number of Topliss-reactive ketones (excluding diaryl/α,β-unsaturated/α-hetero) is 1. The summed E-state index contributed by atoms with van der Waals surface area (Å²) in [4.78, 5) is 11.6. The van der Waals surface area contributed by atoms with E-state index in [0.29, 0.717) is 0 Å². The maximum absolute atomic E-state index is 11.6. The smallest absolute Gasteiger partial charge is 0.194 e. The highest BCUT2D eigenvalue weighted by atomic mass is 16.4. The molecule has 0 amide bonds. The van der Waals surface area contributed by atoms with Gasteiger partial charge in [-0.1, -0.05) is 30.3 Å². The Kier molecular flexibility index (Phi) is 4.57. The Labute approximate surface area is 92.6 Å². The van der Waals surface area contributed by atoms with Crippen LogP contribution in [0.5, 0.6) is 0 Å². The quantitative estimate of drug-likeness (QED) is 0.480. The zero-order valence-corrected chi connectivity index (χ0v) is 8.52. The number of rotatable bonds is 5. The second-order valence-electron chi connectivity index (χ2n) is 3.42. The predicted octanol–water partition coefficient (Wildman–Crippen LogP) is -1.06. The van der Waals surface area contributed by atoms with Crippen LogP contribution in [0.15, 0.2) is 30.3 Å². The van der Waals surface area contributed by atoms with Crippen molar-refractivity contribution < 1.29 is 25.2 Å². The maximum atomic E-state index is 11.6. The lowest BCUT2D eigenvalue weighted by atomic mass is 9.99. The van der Waals surface area contributed by atoms with E-state index in [4.69, 9.17) is 10.2 Å². The van der Waals surface area contributed by atoms with E-state index in [0.717, 1.165) is 0 Å². The normalized spacial score (nSPS) is 16.5. The Balaban J connectivity index is 2.75. The van der Waals surface area contributed by atoms with Crippen LogP contribution in [0.2, 0.25) is 0 Å². The molecule has 88 valence electrons. The minimum Gasteiger partial charge on any atom is -0.394 e. The lowest BCUT2D eigenvalue weighted by Gasteiger charge is -2.20. The van der Waals surface area contributed by atoms with Crippen molar-refractivity contribution in [2.24, 2.45) is 0 Å². The van der Waals surface area contributed by atoms with Crippen molar-refractivity contribution in [3.8, 4) is 0 Å². The molecule has 0 aromatic heterocycles. The van der Waals surface area contributed by atoms with Crippen LogP contribution in [0.3, 0.4) is 0 Å².